The third kappa shape index (κ3) is 4.58. The first kappa shape index (κ1) is 14.5. The summed E-state index contributed by atoms with van der Waals surface area (Å²) in [6, 6.07) is 13.4. The van der Waals surface area contributed by atoms with Gasteiger partial charge in [0.05, 0.1) is 5.69 Å². The van der Waals surface area contributed by atoms with E-state index >= 15 is 0 Å². The van der Waals surface area contributed by atoms with Crippen LogP contribution in [0.5, 0.6) is 0 Å². The van der Waals surface area contributed by atoms with Crippen molar-refractivity contribution in [3.8, 4) is 11.3 Å². The van der Waals surface area contributed by atoms with Gasteiger partial charge in [-0.1, -0.05) is 17.7 Å². The lowest BCUT2D eigenvalue weighted by atomic mass is 10.2. The molecule has 5 nitrogen and oxygen atoms in total. The maximum atomic E-state index is 5.45. The maximum Gasteiger partial charge on any atom is 0.220 e. The van der Waals surface area contributed by atoms with Crippen LogP contribution in [-0.4, -0.2) is 15.0 Å². The van der Waals surface area contributed by atoms with Gasteiger partial charge in [-0.15, -0.1) is 0 Å². The van der Waals surface area contributed by atoms with Crippen molar-refractivity contribution < 1.29 is 0 Å². The Hall–Kier alpha value is -2.95. The van der Waals surface area contributed by atoms with E-state index in [0.29, 0.717) is 0 Å². The molecule has 4 N–H and O–H groups in total. The number of benzene rings is 1. The van der Waals surface area contributed by atoms with Crippen LogP contribution in [-0.2, 0) is 0 Å². The van der Waals surface area contributed by atoms with Crippen molar-refractivity contribution in [2.45, 2.75) is 6.92 Å². The Morgan fingerprint density at radius 3 is 2.24 bits per heavy atom. The largest absolute Gasteiger partial charge is 0.399 e. The van der Waals surface area contributed by atoms with Gasteiger partial charge in [-0.05, 0) is 37.3 Å². The van der Waals surface area contributed by atoms with Crippen molar-refractivity contribution in [3.05, 3.63) is 66.6 Å². The van der Waals surface area contributed by atoms with Gasteiger partial charge < -0.3 is 11.5 Å². The summed E-state index contributed by atoms with van der Waals surface area (Å²) in [5, 5.41) is 0. The molecule has 106 valence electrons. The lowest BCUT2D eigenvalue weighted by Gasteiger charge is -1.98. The number of hydrogen-bond donors (Lipinski definition) is 2. The molecule has 0 bridgehead atoms. The molecule has 21 heavy (non-hydrogen) atoms. The second-order valence-corrected chi connectivity index (χ2v) is 4.45. The predicted molar refractivity (Wildman–Crippen MR) is 85.3 cm³/mol. The maximum absolute atomic E-state index is 5.45. The first-order valence-corrected chi connectivity index (χ1v) is 6.46. The number of aromatic nitrogens is 3. The van der Waals surface area contributed by atoms with E-state index in [1.807, 2.05) is 43.3 Å². The molecule has 2 aromatic heterocycles. The molecule has 2 heterocycles. The highest BCUT2D eigenvalue weighted by Crippen LogP contribution is 2.14. The Balaban J connectivity index is 0.000000173. The van der Waals surface area contributed by atoms with Gasteiger partial charge in [0.1, 0.15) is 0 Å². The number of pyridine rings is 1. The molecule has 5 heteroatoms. The molecule has 0 fully saturated rings. The van der Waals surface area contributed by atoms with Gasteiger partial charge in [-0.3, -0.25) is 4.98 Å². The fraction of sp³-hybridized carbons (Fsp3) is 0.0625. The fourth-order valence-electron chi connectivity index (χ4n) is 1.62. The van der Waals surface area contributed by atoms with Gasteiger partial charge >= 0.3 is 0 Å². The molecule has 3 aromatic rings. The Morgan fingerprint density at radius 2 is 1.67 bits per heavy atom. The highest BCUT2D eigenvalue weighted by molar-refractivity contribution is 5.57. The Labute approximate surface area is 123 Å². The molecular weight excluding hydrogens is 262 g/mol. The molecule has 0 saturated carbocycles. The van der Waals surface area contributed by atoms with Crippen LogP contribution in [0.15, 0.2) is 61.1 Å². The molecule has 0 unspecified atom stereocenters. The van der Waals surface area contributed by atoms with Gasteiger partial charge in [0, 0.05) is 29.8 Å². The van der Waals surface area contributed by atoms with Crippen molar-refractivity contribution in [2.75, 3.05) is 11.5 Å². The summed E-state index contributed by atoms with van der Waals surface area (Å²) in [5.41, 5.74) is 14.7. The van der Waals surface area contributed by atoms with Crippen LogP contribution in [0.4, 0.5) is 11.6 Å². The topological polar surface area (TPSA) is 90.7 Å². The minimum Gasteiger partial charge on any atom is -0.399 e. The lowest BCUT2D eigenvalue weighted by molar-refractivity contribution is 1.18. The third-order valence-corrected chi connectivity index (χ3v) is 2.71. The normalized spacial score (nSPS) is 9.57. The highest BCUT2D eigenvalue weighted by atomic mass is 15.0. The third-order valence-electron chi connectivity index (χ3n) is 2.71. The van der Waals surface area contributed by atoms with Crippen LogP contribution >= 0.6 is 0 Å². The lowest BCUT2D eigenvalue weighted by Crippen LogP contribution is -1.95. The fourth-order valence-corrected chi connectivity index (χ4v) is 1.62. The zero-order valence-corrected chi connectivity index (χ0v) is 11.8. The van der Waals surface area contributed by atoms with Crippen LogP contribution in [0.3, 0.4) is 0 Å². The molecule has 0 aliphatic rings. The summed E-state index contributed by atoms with van der Waals surface area (Å²) in [6.45, 7) is 2.04. The number of nitrogen functional groups attached to an aromatic ring is 2. The Morgan fingerprint density at radius 1 is 0.905 bits per heavy atom. The summed E-state index contributed by atoms with van der Waals surface area (Å²) in [5.74, 6) is 0.279. The summed E-state index contributed by atoms with van der Waals surface area (Å²) in [7, 11) is 0. The summed E-state index contributed by atoms with van der Waals surface area (Å²) in [4.78, 5) is 11.9. The van der Waals surface area contributed by atoms with E-state index < -0.39 is 0 Å². The van der Waals surface area contributed by atoms with Crippen LogP contribution in [0, 0.1) is 6.92 Å². The van der Waals surface area contributed by atoms with E-state index in [0.717, 1.165) is 16.9 Å². The van der Waals surface area contributed by atoms with Crippen LogP contribution < -0.4 is 11.5 Å². The van der Waals surface area contributed by atoms with E-state index in [2.05, 4.69) is 15.0 Å². The van der Waals surface area contributed by atoms with E-state index in [1.54, 1.807) is 24.7 Å². The van der Waals surface area contributed by atoms with Gasteiger partial charge in [0.15, 0.2) is 0 Å². The van der Waals surface area contributed by atoms with Gasteiger partial charge in [-0.2, -0.15) is 0 Å². The SMILES string of the molecule is Cc1ccc(N)cc1.Nc1nccc(-c2cccnc2)n1. The number of nitrogens with zero attached hydrogens (tertiary/aromatic N) is 3. The van der Waals surface area contributed by atoms with Gasteiger partial charge in [0.2, 0.25) is 5.95 Å². The second-order valence-electron chi connectivity index (χ2n) is 4.45. The number of nitrogens with two attached hydrogens (primary N) is 2. The Kier molecular flexibility index (Phi) is 4.82. The number of rotatable bonds is 1. The van der Waals surface area contributed by atoms with Gasteiger partial charge in [-0.25, -0.2) is 9.97 Å². The Bertz CT molecular complexity index is 660. The van der Waals surface area contributed by atoms with E-state index in [-0.39, 0.29) is 5.95 Å². The molecule has 0 atom stereocenters. The van der Waals surface area contributed by atoms with Gasteiger partial charge in [0.25, 0.3) is 0 Å². The molecule has 0 saturated heterocycles. The van der Waals surface area contributed by atoms with Crippen LogP contribution in [0.1, 0.15) is 5.56 Å². The molecule has 0 amide bonds. The van der Waals surface area contributed by atoms with Crippen molar-refractivity contribution in [3.63, 3.8) is 0 Å². The smallest absolute Gasteiger partial charge is 0.220 e. The highest BCUT2D eigenvalue weighted by Gasteiger charge is 1.98. The van der Waals surface area contributed by atoms with E-state index in [9.17, 15) is 0 Å². The summed E-state index contributed by atoms with van der Waals surface area (Å²) >= 11 is 0. The van der Waals surface area contributed by atoms with Crippen molar-refractivity contribution in [2.24, 2.45) is 0 Å². The zero-order chi connectivity index (χ0) is 15.1. The quantitative estimate of drug-likeness (QED) is 0.668. The molecule has 0 radical (unpaired) electrons. The molecular formula is C16H17N5. The van der Waals surface area contributed by atoms with Crippen molar-refractivity contribution in [1.82, 2.24) is 15.0 Å². The first-order valence-electron chi connectivity index (χ1n) is 6.46. The van der Waals surface area contributed by atoms with Crippen molar-refractivity contribution in [1.29, 1.82) is 0 Å². The molecule has 1 aromatic carbocycles. The number of aryl methyl sites for hydroxylation is 1. The summed E-state index contributed by atoms with van der Waals surface area (Å²) < 4.78 is 0. The summed E-state index contributed by atoms with van der Waals surface area (Å²) in [6.07, 6.45) is 5.08. The first-order chi connectivity index (χ1) is 10.1. The number of hydrogen-bond acceptors (Lipinski definition) is 5. The molecule has 0 aliphatic carbocycles. The molecule has 0 aliphatic heterocycles. The number of anilines is 2. The van der Waals surface area contributed by atoms with E-state index in [4.69, 9.17) is 11.5 Å². The second kappa shape index (κ2) is 7.00. The minimum absolute atomic E-state index is 0.279. The van der Waals surface area contributed by atoms with E-state index in [1.165, 1.54) is 5.56 Å². The zero-order valence-electron chi connectivity index (χ0n) is 11.8. The molecule has 0 spiro atoms. The minimum atomic E-state index is 0.279. The monoisotopic (exact) mass is 279 g/mol. The van der Waals surface area contributed by atoms with Crippen molar-refractivity contribution >= 4 is 11.6 Å². The average Bonchev–Trinajstić information content (AvgIpc) is 2.52. The van der Waals surface area contributed by atoms with Crippen LogP contribution in [0.25, 0.3) is 11.3 Å². The molecule has 3 rings (SSSR count). The standard InChI is InChI=1S/C9H8N4.C7H9N/c10-9-12-5-3-8(13-9)7-2-1-4-11-6-7;1-6-2-4-7(8)5-3-6/h1-6H,(H2,10,12,13);2-5H,8H2,1H3. The predicted octanol–water partition coefficient (Wildman–Crippen LogP) is 2.70. The average molecular weight is 279 g/mol. The van der Waals surface area contributed by atoms with Crippen LogP contribution in [0.2, 0.25) is 0 Å².